The van der Waals surface area contributed by atoms with Gasteiger partial charge in [-0.1, -0.05) is 0 Å². The Labute approximate surface area is 120 Å². The lowest BCUT2D eigenvalue weighted by Gasteiger charge is -2.07. The number of H-pyrrole nitrogens is 1. The fraction of sp³-hybridized carbons (Fsp3) is 0.615. The van der Waals surface area contributed by atoms with Gasteiger partial charge in [-0.15, -0.1) is 0 Å². The van der Waals surface area contributed by atoms with Gasteiger partial charge < -0.3 is 15.0 Å². The molecule has 21 heavy (non-hydrogen) atoms. The van der Waals surface area contributed by atoms with Crippen molar-refractivity contribution >= 4 is 11.2 Å². The highest BCUT2D eigenvalue weighted by Gasteiger charge is 2.22. The number of nitrogens with one attached hydrogen (secondary N) is 2. The summed E-state index contributed by atoms with van der Waals surface area (Å²) in [4.78, 5) is 32.0. The number of methoxy groups -OCH3 is 1. The number of ether oxygens (including phenoxy) is 1. The molecule has 114 valence electrons. The number of aromatic nitrogens is 4. The van der Waals surface area contributed by atoms with E-state index >= 15 is 0 Å². The van der Waals surface area contributed by atoms with Crippen molar-refractivity contribution < 1.29 is 4.74 Å². The molecule has 8 nitrogen and oxygen atoms in total. The van der Waals surface area contributed by atoms with Crippen LogP contribution in [0.4, 0.5) is 0 Å². The molecule has 1 fully saturated rings. The first-order valence-corrected chi connectivity index (χ1v) is 7.05. The molecule has 0 aromatic carbocycles. The summed E-state index contributed by atoms with van der Waals surface area (Å²) in [5, 5.41) is 3.33. The molecule has 2 aromatic heterocycles. The van der Waals surface area contributed by atoms with Gasteiger partial charge in [0.2, 0.25) is 0 Å². The summed E-state index contributed by atoms with van der Waals surface area (Å²) in [6.45, 7) is 1.69. The number of hydrogen-bond acceptors (Lipinski definition) is 5. The lowest BCUT2D eigenvalue weighted by molar-refractivity contribution is 0.186. The maximum atomic E-state index is 12.2. The van der Waals surface area contributed by atoms with E-state index in [2.05, 4.69) is 15.3 Å². The third kappa shape index (κ3) is 2.30. The van der Waals surface area contributed by atoms with Gasteiger partial charge in [0.1, 0.15) is 11.3 Å². The van der Waals surface area contributed by atoms with Gasteiger partial charge in [-0.05, 0) is 19.4 Å². The quantitative estimate of drug-likeness (QED) is 0.792. The van der Waals surface area contributed by atoms with Crippen molar-refractivity contribution in [2.24, 2.45) is 7.05 Å². The molecule has 0 amide bonds. The van der Waals surface area contributed by atoms with Gasteiger partial charge in [0.05, 0.1) is 19.2 Å². The van der Waals surface area contributed by atoms with E-state index in [-0.39, 0.29) is 17.3 Å². The molecule has 2 aromatic rings. The van der Waals surface area contributed by atoms with Crippen LogP contribution in [0.25, 0.3) is 11.2 Å². The maximum Gasteiger partial charge on any atom is 0.332 e. The van der Waals surface area contributed by atoms with Crippen LogP contribution in [0.1, 0.15) is 24.7 Å². The summed E-state index contributed by atoms with van der Waals surface area (Å²) < 4.78 is 7.61. The number of hydrogen-bond donors (Lipinski definition) is 2. The molecular weight excluding hydrogens is 274 g/mol. The third-order valence-electron chi connectivity index (χ3n) is 3.90. The highest BCUT2D eigenvalue weighted by atomic mass is 16.5. The van der Waals surface area contributed by atoms with E-state index < -0.39 is 0 Å². The topological polar surface area (TPSA) is 93.9 Å². The van der Waals surface area contributed by atoms with Gasteiger partial charge >= 0.3 is 5.69 Å². The van der Waals surface area contributed by atoms with Gasteiger partial charge in [-0.3, -0.25) is 13.9 Å². The van der Waals surface area contributed by atoms with Crippen LogP contribution < -0.4 is 16.6 Å². The van der Waals surface area contributed by atoms with Crippen LogP contribution in [0.2, 0.25) is 0 Å². The predicted molar refractivity (Wildman–Crippen MR) is 77.4 cm³/mol. The number of imidazole rings is 1. The Kier molecular flexibility index (Phi) is 3.64. The van der Waals surface area contributed by atoms with Crippen molar-refractivity contribution in [1.29, 1.82) is 0 Å². The SMILES string of the molecule is COCCn1c(=O)n(C)c(=O)c2[nH]c(C3CCCN3)nc21. The van der Waals surface area contributed by atoms with Crippen LogP contribution in [0, 0.1) is 0 Å². The number of fused-ring (bicyclic) bond motifs is 1. The summed E-state index contributed by atoms with van der Waals surface area (Å²) in [6, 6.07) is 0.119. The zero-order valence-corrected chi connectivity index (χ0v) is 12.2. The van der Waals surface area contributed by atoms with Crippen LogP contribution in [0.5, 0.6) is 0 Å². The summed E-state index contributed by atoms with van der Waals surface area (Å²) in [6.07, 6.45) is 2.05. The van der Waals surface area contributed by atoms with E-state index in [0.717, 1.165) is 29.8 Å². The number of aromatic amines is 1. The van der Waals surface area contributed by atoms with Gasteiger partial charge in [0, 0.05) is 14.2 Å². The van der Waals surface area contributed by atoms with Crippen LogP contribution in [0.3, 0.4) is 0 Å². The first kappa shape index (κ1) is 14.0. The Morgan fingerprint density at radius 1 is 1.43 bits per heavy atom. The smallest absolute Gasteiger partial charge is 0.332 e. The Balaban J connectivity index is 2.19. The van der Waals surface area contributed by atoms with Gasteiger partial charge in [-0.2, -0.15) is 0 Å². The molecule has 0 aliphatic carbocycles. The highest BCUT2D eigenvalue weighted by molar-refractivity contribution is 5.70. The van der Waals surface area contributed by atoms with Crippen molar-refractivity contribution in [2.75, 3.05) is 20.3 Å². The highest BCUT2D eigenvalue weighted by Crippen LogP contribution is 2.21. The molecule has 2 N–H and O–H groups in total. The fourth-order valence-corrected chi connectivity index (χ4v) is 2.72. The molecular formula is C13H19N5O3. The Hall–Kier alpha value is -1.93. The molecule has 0 bridgehead atoms. The molecule has 0 radical (unpaired) electrons. The lowest BCUT2D eigenvalue weighted by atomic mass is 10.2. The monoisotopic (exact) mass is 293 g/mol. The maximum absolute atomic E-state index is 12.2. The van der Waals surface area contributed by atoms with Crippen molar-refractivity contribution in [2.45, 2.75) is 25.4 Å². The standard InChI is InChI=1S/C13H19N5O3/c1-17-12(19)9-11(18(13(17)20)6-7-21-2)16-10(15-9)8-4-3-5-14-8/h8,14H,3-7H2,1-2H3,(H,15,16). The van der Waals surface area contributed by atoms with Crippen LogP contribution >= 0.6 is 0 Å². The molecule has 1 aliphatic heterocycles. The molecule has 1 saturated heterocycles. The van der Waals surface area contributed by atoms with E-state index in [1.165, 1.54) is 11.6 Å². The second kappa shape index (κ2) is 5.45. The average Bonchev–Trinajstić information content (AvgIpc) is 3.13. The van der Waals surface area contributed by atoms with E-state index in [0.29, 0.717) is 24.3 Å². The second-order valence-electron chi connectivity index (χ2n) is 5.26. The van der Waals surface area contributed by atoms with Gasteiger partial charge in [0.25, 0.3) is 5.56 Å². The zero-order valence-electron chi connectivity index (χ0n) is 12.2. The minimum absolute atomic E-state index is 0.119. The Morgan fingerprint density at radius 2 is 2.24 bits per heavy atom. The minimum Gasteiger partial charge on any atom is -0.383 e. The Bertz CT molecular complexity index is 766. The van der Waals surface area contributed by atoms with Crippen LogP contribution in [-0.4, -0.2) is 39.4 Å². The first-order valence-electron chi connectivity index (χ1n) is 7.05. The molecule has 3 rings (SSSR count). The third-order valence-corrected chi connectivity index (χ3v) is 3.90. The molecule has 3 heterocycles. The first-order chi connectivity index (χ1) is 10.1. The summed E-state index contributed by atoms with van der Waals surface area (Å²) in [5.74, 6) is 0.719. The van der Waals surface area contributed by atoms with E-state index in [4.69, 9.17) is 4.74 Å². The molecule has 1 atom stereocenters. The largest absolute Gasteiger partial charge is 0.383 e. The van der Waals surface area contributed by atoms with Crippen molar-refractivity contribution in [3.8, 4) is 0 Å². The average molecular weight is 293 g/mol. The molecule has 8 heteroatoms. The summed E-state index contributed by atoms with van der Waals surface area (Å²) in [7, 11) is 3.05. The Morgan fingerprint density at radius 3 is 2.90 bits per heavy atom. The van der Waals surface area contributed by atoms with Gasteiger partial charge in [0.15, 0.2) is 5.65 Å². The molecule has 0 saturated carbocycles. The van der Waals surface area contributed by atoms with Crippen molar-refractivity contribution in [3.63, 3.8) is 0 Å². The van der Waals surface area contributed by atoms with E-state index in [1.54, 1.807) is 7.11 Å². The predicted octanol–water partition coefficient (Wildman–Crippen LogP) is -0.506. The number of rotatable bonds is 4. The summed E-state index contributed by atoms with van der Waals surface area (Å²) >= 11 is 0. The van der Waals surface area contributed by atoms with Gasteiger partial charge in [-0.25, -0.2) is 9.78 Å². The lowest BCUT2D eigenvalue weighted by Crippen LogP contribution is -2.38. The van der Waals surface area contributed by atoms with E-state index in [1.807, 2.05) is 0 Å². The van der Waals surface area contributed by atoms with Crippen LogP contribution in [-0.2, 0) is 18.3 Å². The molecule has 0 spiro atoms. The number of nitrogens with zero attached hydrogens (tertiary/aromatic N) is 3. The zero-order chi connectivity index (χ0) is 15.0. The van der Waals surface area contributed by atoms with Crippen molar-refractivity contribution in [1.82, 2.24) is 24.4 Å². The van der Waals surface area contributed by atoms with Crippen molar-refractivity contribution in [3.05, 3.63) is 26.7 Å². The second-order valence-corrected chi connectivity index (χ2v) is 5.26. The van der Waals surface area contributed by atoms with Crippen LogP contribution in [0.15, 0.2) is 9.59 Å². The normalized spacial score (nSPS) is 18.7. The summed E-state index contributed by atoms with van der Waals surface area (Å²) in [5.41, 5.74) is 0.0585. The molecule has 1 aliphatic rings. The van der Waals surface area contributed by atoms with E-state index in [9.17, 15) is 9.59 Å². The molecule has 1 unspecified atom stereocenters. The fourth-order valence-electron chi connectivity index (χ4n) is 2.72. The minimum atomic E-state index is -0.373.